The van der Waals surface area contributed by atoms with Gasteiger partial charge < -0.3 is 15.8 Å². The van der Waals surface area contributed by atoms with E-state index >= 15 is 0 Å². The van der Waals surface area contributed by atoms with E-state index in [4.69, 9.17) is 10.5 Å². The fraction of sp³-hybridized carbons (Fsp3) is 0.222. The lowest BCUT2D eigenvalue weighted by Gasteiger charge is -2.11. The van der Waals surface area contributed by atoms with Gasteiger partial charge in [-0.3, -0.25) is 10.3 Å². The monoisotopic (exact) mass is 404 g/mol. The van der Waals surface area contributed by atoms with E-state index in [0.29, 0.717) is 25.4 Å². The molecule has 0 heterocycles. The number of ether oxygens (including phenoxy) is 1. The molecule has 2 rings (SSSR count). The zero-order valence-corrected chi connectivity index (χ0v) is 15.5. The van der Waals surface area contributed by atoms with Gasteiger partial charge >= 0.3 is 6.03 Å². The third-order valence-corrected chi connectivity index (χ3v) is 3.99. The maximum absolute atomic E-state index is 12.0. The maximum atomic E-state index is 12.0. The van der Waals surface area contributed by atoms with Crippen LogP contribution in [0.3, 0.4) is 0 Å². The number of aliphatic imine (C=N–C) groups is 1. The Morgan fingerprint density at radius 3 is 2.68 bits per heavy atom. The van der Waals surface area contributed by atoms with Crippen LogP contribution < -0.4 is 16.4 Å². The molecule has 0 bridgehead atoms. The Morgan fingerprint density at radius 1 is 1.20 bits per heavy atom. The summed E-state index contributed by atoms with van der Waals surface area (Å²) in [7, 11) is 0. The highest BCUT2D eigenvalue weighted by Crippen LogP contribution is 2.25. The highest BCUT2D eigenvalue weighted by atomic mass is 79.9. The number of carbonyl (C=O) groups is 1. The molecule has 2 aromatic carbocycles. The summed E-state index contributed by atoms with van der Waals surface area (Å²) in [5.74, 6) is 0.0468. The molecule has 0 saturated heterocycles. The molecule has 0 aliphatic rings. The molecular formula is C18H21BrN4O2. The summed E-state index contributed by atoms with van der Waals surface area (Å²) in [5.41, 5.74) is 8.44. The zero-order chi connectivity index (χ0) is 18.1. The number of benzene rings is 2. The third-order valence-electron chi connectivity index (χ3n) is 3.33. The number of para-hydroxylation sites is 1. The predicted octanol–water partition coefficient (Wildman–Crippen LogP) is 3.41. The molecule has 0 aliphatic carbocycles. The van der Waals surface area contributed by atoms with Gasteiger partial charge in [-0.05, 0) is 40.0 Å². The van der Waals surface area contributed by atoms with Crippen molar-refractivity contribution < 1.29 is 9.53 Å². The Kier molecular flexibility index (Phi) is 7.43. The number of anilines is 1. The minimum absolute atomic E-state index is 0.0468. The quantitative estimate of drug-likeness (QED) is 0.391. The first-order valence-electron chi connectivity index (χ1n) is 7.81. The summed E-state index contributed by atoms with van der Waals surface area (Å²) in [6.07, 6.45) is 0. The average molecular weight is 405 g/mol. The van der Waals surface area contributed by atoms with Gasteiger partial charge in [0.05, 0.1) is 25.4 Å². The number of amides is 2. The van der Waals surface area contributed by atoms with Crippen LogP contribution in [0.15, 0.2) is 58.0 Å². The van der Waals surface area contributed by atoms with Gasteiger partial charge in [0.2, 0.25) is 0 Å². The van der Waals surface area contributed by atoms with Crippen molar-refractivity contribution in [3.05, 3.63) is 64.1 Å². The molecule has 0 saturated carbocycles. The molecule has 2 amide bonds. The molecule has 0 aliphatic heterocycles. The smallest absolute Gasteiger partial charge is 0.326 e. The van der Waals surface area contributed by atoms with Gasteiger partial charge in [-0.25, -0.2) is 4.79 Å². The van der Waals surface area contributed by atoms with Gasteiger partial charge in [0, 0.05) is 4.47 Å². The van der Waals surface area contributed by atoms with Gasteiger partial charge in [0.25, 0.3) is 0 Å². The van der Waals surface area contributed by atoms with Crippen molar-refractivity contribution >= 4 is 33.6 Å². The molecule has 7 heteroatoms. The van der Waals surface area contributed by atoms with Crippen LogP contribution in [0.4, 0.5) is 10.5 Å². The maximum Gasteiger partial charge on any atom is 0.326 e. The number of nitrogens with one attached hydrogen (secondary N) is 2. The number of aryl methyl sites for hydroxylation is 1. The van der Waals surface area contributed by atoms with Crippen LogP contribution >= 0.6 is 15.9 Å². The summed E-state index contributed by atoms with van der Waals surface area (Å²) < 4.78 is 6.30. The van der Waals surface area contributed by atoms with E-state index < -0.39 is 6.03 Å². The third kappa shape index (κ3) is 6.56. The largest absolute Gasteiger partial charge is 0.375 e. The lowest BCUT2D eigenvalue weighted by molar-refractivity contribution is 0.128. The van der Waals surface area contributed by atoms with E-state index in [2.05, 4.69) is 31.6 Å². The van der Waals surface area contributed by atoms with Crippen molar-refractivity contribution in [1.29, 1.82) is 0 Å². The van der Waals surface area contributed by atoms with Gasteiger partial charge in [-0.2, -0.15) is 0 Å². The Bertz CT molecular complexity index is 715. The van der Waals surface area contributed by atoms with Crippen molar-refractivity contribution in [3.63, 3.8) is 0 Å². The number of nitrogens with zero attached hydrogens (tertiary/aromatic N) is 1. The van der Waals surface area contributed by atoms with Crippen molar-refractivity contribution in [2.24, 2.45) is 10.7 Å². The highest BCUT2D eigenvalue weighted by molar-refractivity contribution is 9.10. The number of halogens is 1. The molecule has 0 spiro atoms. The van der Waals surface area contributed by atoms with Crippen LogP contribution in [0.2, 0.25) is 0 Å². The second-order valence-electron chi connectivity index (χ2n) is 5.32. The summed E-state index contributed by atoms with van der Waals surface area (Å²) in [6.45, 7) is 3.21. The van der Waals surface area contributed by atoms with Gasteiger partial charge in [0.15, 0.2) is 5.96 Å². The lowest BCUT2D eigenvalue weighted by atomic mass is 10.2. The van der Waals surface area contributed by atoms with E-state index in [1.165, 1.54) is 0 Å². The van der Waals surface area contributed by atoms with Gasteiger partial charge in [-0.1, -0.05) is 42.5 Å². The van der Waals surface area contributed by atoms with E-state index in [0.717, 1.165) is 15.6 Å². The van der Waals surface area contributed by atoms with Gasteiger partial charge in [0.1, 0.15) is 0 Å². The van der Waals surface area contributed by atoms with E-state index in [-0.39, 0.29) is 5.96 Å². The number of urea groups is 1. The first kappa shape index (κ1) is 19.0. The molecular weight excluding hydrogens is 384 g/mol. The molecule has 0 unspecified atom stereocenters. The van der Waals surface area contributed by atoms with Crippen LogP contribution in [0, 0.1) is 6.92 Å². The summed E-state index contributed by atoms with van der Waals surface area (Å²) in [4.78, 5) is 16.0. The summed E-state index contributed by atoms with van der Waals surface area (Å²) >= 11 is 3.40. The number of hydrogen-bond donors (Lipinski definition) is 3. The SMILES string of the molecule is Cc1cccc(Br)c1NC(=O)NC(N)=NCCOCc1ccccc1. The fourth-order valence-corrected chi connectivity index (χ4v) is 2.65. The Labute approximate surface area is 155 Å². The first-order valence-corrected chi connectivity index (χ1v) is 8.60. The number of nitrogens with two attached hydrogens (primary N) is 1. The average Bonchev–Trinajstić information content (AvgIpc) is 2.59. The molecule has 0 radical (unpaired) electrons. The minimum Gasteiger partial charge on any atom is -0.375 e. The van der Waals surface area contributed by atoms with Crippen LogP contribution in [-0.2, 0) is 11.3 Å². The minimum atomic E-state index is -0.443. The normalized spacial score (nSPS) is 11.2. The van der Waals surface area contributed by atoms with Crippen molar-refractivity contribution in [2.45, 2.75) is 13.5 Å². The van der Waals surface area contributed by atoms with E-state index in [1.54, 1.807) is 0 Å². The molecule has 6 nitrogen and oxygen atoms in total. The fourth-order valence-electron chi connectivity index (χ4n) is 2.09. The summed E-state index contributed by atoms with van der Waals surface area (Å²) in [6, 6.07) is 15.1. The van der Waals surface area contributed by atoms with Crippen molar-refractivity contribution in [1.82, 2.24) is 5.32 Å². The van der Waals surface area contributed by atoms with Crippen LogP contribution in [0.1, 0.15) is 11.1 Å². The molecule has 2 aromatic rings. The second kappa shape index (κ2) is 9.80. The van der Waals surface area contributed by atoms with Gasteiger partial charge in [-0.15, -0.1) is 0 Å². The summed E-state index contributed by atoms with van der Waals surface area (Å²) in [5, 5.41) is 5.24. The first-order chi connectivity index (χ1) is 12.1. The predicted molar refractivity (Wildman–Crippen MR) is 104 cm³/mol. The zero-order valence-electron chi connectivity index (χ0n) is 14.0. The molecule has 0 aromatic heterocycles. The topological polar surface area (TPSA) is 88.7 Å². The number of carbonyl (C=O) groups excluding carboxylic acids is 1. The molecule has 132 valence electrons. The second-order valence-corrected chi connectivity index (χ2v) is 6.17. The van der Waals surface area contributed by atoms with E-state index in [9.17, 15) is 4.79 Å². The van der Waals surface area contributed by atoms with Crippen LogP contribution in [0.25, 0.3) is 0 Å². The lowest BCUT2D eigenvalue weighted by Crippen LogP contribution is -2.40. The van der Waals surface area contributed by atoms with Crippen molar-refractivity contribution in [2.75, 3.05) is 18.5 Å². The number of hydrogen-bond acceptors (Lipinski definition) is 3. The highest BCUT2D eigenvalue weighted by Gasteiger charge is 2.08. The Hall–Kier alpha value is -2.38. The molecule has 0 fully saturated rings. The molecule has 0 atom stereocenters. The number of rotatable bonds is 6. The van der Waals surface area contributed by atoms with E-state index in [1.807, 2.05) is 55.5 Å². The Morgan fingerprint density at radius 2 is 1.96 bits per heavy atom. The Balaban J connectivity index is 1.72. The molecule has 25 heavy (non-hydrogen) atoms. The van der Waals surface area contributed by atoms with Crippen LogP contribution in [-0.4, -0.2) is 25.1 Å². The standard InChI is InChI=1S/C18H21BrN4O2/c1-13-6-5-9-15(19)16(13)22-18(24)23-17(20)21-10-11-25-12-14-7-3-2-4-8-14/h2-9H,10-12H2,1H3,(H4,20,21,22,23,24). The van der Waals surface area contributed by atoms with Crippen LogP contribution in [0.5, 0.6) is 0 Å². The molecule has 4 N–H and O–H groups in total. The van der Waals surface area contributed by atoms with Crippen molar-refractivity contribution in [3.8, 4) is 0 Å². The number of guanidine groups is 1.